The van der Waals surface area contributed by atoms with Gasteiger partial charge in [0.05, 0.1) is 0 Å². The first kappa shape index (κ1) is 18.2. The minimum absolute atomic E-state index is 0.0684. The molecular formula is C19H25ClN2O3. The lowest BCUT2D eigenvalue weighted by Crippen LogP contribution is -2.49. The number of hydrogen-bond acceptors (Lipinski definition) is 3. The number of amides is 2. The zero-order valence-corrected chi connectivity index (χ0v) is 15.1. The van der Waals surface area contributed by atoms with Crippen LogP contribution < -0.4 is 5.32 Å². The van der Waals surface area contributed by atoms with Crippen LogP contribution in [0.15, 0.2) is 24.3 Å². The van der Waals surface area contributed by atoms with E-state index >= 15 is 0 Å². The first-order valence-corrected chi connectivity index (χ1v) is 9.44. The smallest absolute Gasteiger partial charge is 0.251 e. The summed E-state index contributed by atoms with van der Waals surface area (Å²) in [7, 11) is 0. The van der Waals surface area contributed by atoms with Crippen LogP contribution in [0.2, 0.25) is 5.02 Å². The van der Waals surface area contributed by atoms with Gasteiger partial charge in [0.2, 0.25) is 5.91 Å². The zero-order valence-electron chi connectivity index (χ0n) is 14.4. The number of nitrogens with one attached hydrogen (secondary N) is 1. The van der Waals surface area contributed by atoms with Crippen molar-refractivity contribution in [3.8, 4) is 0 Å². The molecule has 2 heterocycles. The van der Waals surface area contributed by atoms with Crippen LogP contribution in [0, 0.1) is 0 Å². The third kappa shape index (κ3) is 5.19. The summed E-state index contributed by atoms with van der Waals surface area (Å²) >= 11 is 5.86. The Balaban J connectivity index is 1.37. The number of carbonyl (C=O) groups excluding carboxylic acids is 2. The van der Waals surface area contributed by atoms with Gasteiger partial charge >= 0.3 is 0 Å². The summed E-state index contributed by atoms with van der Waals surface area (Å²) in [6, 6.07) is 7.74. The third-order valence-electron chi connectivity index (χ3n) is 4.93. The Kier molecular flexibility index (Phi) is 6.32. The Bertz CT molecular complexity index is 591. The molecule has 0 radical (unpaired) electrons. The maximum Gasteiger partial charge on any atom is 0.251 e. The third-order valence-corrected chi connectivity index (χ3v) is 5.18. The van der Waals surface area contributed by atoms with Crippen molar-refractivity contribution in [2.45, 2.75) is 50.7 Å². The van der Waals surface area contributed by atoms with E-state index in [4.69, 9.17) is 16.3 Å². The van der Waals surface area contributed by atoms with Crippen LogP contribution in [0.25, 0.3) is 0 Å². The van der Waals surface area contributed by atoms with Gasteiger partial charge in [-0.25, -0.2) is 0 Å². The molecule has 1 N–H and O–H groups in total. The Hall–Kier alpha value is -1.59. The lowest BCUT2D eigenvalue weighted by atomic mass is 10.0. The van der Waals surface area contributed by atoms with Crippen LogP contribution in [0.3, 0.4) is 0 Å². The quantitative estimate of drug-likeness (QED) is 0.873. The Labute approximate surface area is 153 Å². The Morgan fingerprint density at radius 3 is 2.52 bits per heavy atom. The normalized spacial score (nSPS) is 21.3. The van der Waals surface area contributed by atoms with E-state index in [-0.39, 0.29) is 24.0 Å². The van der Waals surface area contributed by atoms with E-state index in [1.807, 2.05) is 29.2 Å². The molecule has 3 rings (SSSR count). The van der Waals surface area contributed by atoms with E-state index in [0.717, 1.165) is 31.2 Å². The topological polar surface area (TPSA) is 58.6 Å². The van der Waals surface area contributed by atoms with Gasteiger partial charge in [0.15, 0.2) is 0 Å². The average molecular weight is 365 g/mol. The SMILES string of the molecule is O=C(CCc1ccc(Cl)cc1)NC1CCN(C(=O)C2CCCO2)CC1. The predicted molar refractivity (Wildman–Crippen MR) is 96.5 cm³/mol. The molecule has 0 aromatic heterocycles. The average Bonchev–Trinajstić information content (AvgIpc) is 3.16. The number of piperidine rings is 1. The summed E-state index contributed by atoms with van der Waals surface area (Å²) in [5.74, 6) is 0.184. The first-order chi connectivity index (χ1) is 12.1. The Morgan fingerprint density at radius 1 is 1.16 bits per heavy atom. The second kappa shape index (κ2) is 8.68. The molecule has 0 aliphatic carbocycles. The molecule has 1 aromatic rings. The minimum atomic E-state index is -0.245. The van der Waals surface area contributed by atoms with Gasteiger partial charge in [0.1, 0.15) is 6.10 Å². The molecule has 2 amide bonds. The first-order valence-electron chi connectivity index (χ1n) is 9.06. The van der Waals surface area contributed by atoms with Crippen LogP contribution in [-0.4, -0.2) is 48.6 Å². The highest BCUT2D eigenvalue weighted by molar-refractivity contribution is 6.30. The van der Waals surface area contributed by atoms with E-state index in [1.165, 1.54) is 0 Å². The molecule has 2 aliphatic rings. The molecule has 1 unspecified atom stereocenters. The standard InChI is InChI=1S/C19H25ClN2O3/c20-15-6-3-14(4-7-15)5-8-18(23)21-16-9-11-22(12-10-16)19(24)17-2-1-13-25-17/h3-4,6-7,16-17H,1-2,5,8-13H2,(H,21,23). The highest BCUT2D eigenvalue weighted by Crippen LogP contribution is 2.18. The fraction of sp³-hybridized carbons (Fsp3) is 0.579. The summed E-state index contributed by atoms with van der Waals surface area (Å²) in [6.45, 7) is 2.08. The summed E-state index contributed by atoms with van der Waals surface area (Å²) in [5.41, 5.74) is 1.11. The van der Waals surface area contributed by atoms with Crippen molar-refractivity contribution >= 4 is 23.4 Å². The van der Waals surface area contributed by atoms with Gasteiger partial charge in [-0.15, -0.1) is 0 Å². The molecule has 25 heavy (non-hydrogen) atoms. The van der Waals surface area contributed by atoms with Gasteiger partial charge in [-0.1, -0.05) is 23.7 Å². The fourth-order valence-electron chi connectivity index (χ4n) is 3.43. The number of benzene rings is 1. The molecule has 0 spiro atoms. The van der Waals surface area contributed by atoms with Gasteiger partial charge in [-0.2, -0.15) is 0 Å². The van der Waals surface area contributed by atoms with Crippen molar-refractivity contribution in [1.82, 2.24) is 10.2 Å². The number of nitrogens with zero attached hydrogens (tertiary/aromatic N) is 1. The summed E-state index contributed by atoms with van der Waals surface area (Å²) in [5, 5.41) is 3.80. The van der Waals surface area contributed by atoms with E-state index in [0.29, 0.717) is 37.6 Å². The molecule has 1 aromatic carbocycles. The van der Waals surface area contributed by atoms with Crippen molar-refractivity contribution < 1.29 is 14.3 Å². The van der Waals surface area contributed by atoms with E-state index in [1.54, 1.807) is 0 Å². The van der Waals surface area contributed by atoms with Crippen LogP contribution in [0.1, 0.15) is 37.7 Å². The van der Waals surface area contributed by atoms with Gasteiger partial charge in [-0.05, 0) is 49.8 Å². The molecule has 0 saturated carbocycles. The van der Waals surface area contributed by atoms with E-state index in [2.05, 4.69) is 5.32 Å². The number of carbonyl (C=O) groups is 2. The van der Waals surface area contributed by atoms with Gasteiger partial charge in [0.25, 0.3) is 5.91 Å². The molecular weight excluding hydrogens is 340 g/mol. The highest BCUT2D eigenvalue weighted by Gasteiger charge is 2.31. The number of rotatable bonds is 5. The van der Waals surface area contributed by atoms with Crippen LogP contribution in [-0.2, 0) is 20.7 Å². The molecule has 2 fully saturated rings. The number of ether oxygens (including phenoxy) is 1. The zero-order chi connectivity index (χ0) is 17.6. The number of aryl methyl sites for hydroxylation is 1. The molecule has 136 valence electrons. The molecule has 2 aliphatic heterocycles. The van der Waals surface area contributed by atoms with Crippen molar-refractivity contribution in [1.29, 1.82) is 0 Å². The minimum Gasteiger partial charge on any atom is -0.368 e. The van der Waals surface area contributed by atoms with Crippen molar-refractivity contribution in [2.24, 2.45) is 0 Å². The monoisotopic (exact) mass is 364 g/mol. The molecule has 5 nitrogen and oxygen atoms in total. The predicted octanol–water partition coefficient (Wildman–Crippen LogP) is 2.56. The van der Waals surface area contributed by atoms with Gasteiger partial charge in [-0.3, -0.25) is 9.59 Å². The molecule has 1 atom stereocenters. The maximum absolute atomic E-state index is 12.3. The van der Waals surface area contributed by atoms with Crippen molar-refractivity contribution in [3.63, 3.8) is 0 Å². The summed E-state index contributed by atoms with van der Waals surface area (Å²) in [4.78, 5) is 26.3. The summed E-state index contributed by atoms with van der Waals surface area (Å²) in [6.07, 6.45) is 4.36. The molecule has 0 bridgehead atoms. The largest absolute Gasteiger partial charge is 0.368 e. The number of hydrogen-bond donors (Lipinski definition) is 1. The number of halogens is 1. The fourth-order valence-corrected chi connectivity index (χ4v) is 3.56. The van der Waals surface area contributed by atoms with Crippen LogP contribution >= 0.6 is 11.6 Å². The van der Waals surface area contributed by atoms with Crippen molar-refractivity contribution in [2.75, 3.05) is 19.7 Å². The van der Waals surface area contributed by atoms with E-state index < -0.39 is 0 Å². The van der Waals surface area contributed by atoms with Crippen molar-refractivity contribution in [3.05, 3.63) is 34.9 Å². The maximum atomic E-state index is 12.3. The molecule has 2 saturated heterocycles. The van der Waals surface area contributed by atoms with Gasteiger partial charge < -0.3 is 15.0 Å². The lowest BCUT2D eigenvalue weighted by Gasteiger charge is -2.33. The van der Waals surface area contributed by atoms with Crippen LogP contribution in [0.5, 0.6) is 0 Å². The second-order valence-electron chi connectivity index (χ2n) is 6.80. The molecule has 6 heteroatoms. The van der Waals surface area contributed by atoms with E-state index in [9.17, 15) is 9.59 Å². The highest BCUT2D eigenvalue weighted by atomic mass is 35.5. The summed E-state index contributed by atoms with van der Waals surface area (Å²) < 4.78 is 5.47. The lowest BCUT2D eigenvalue weighted by molar-refractivity contribution is -0.142. The number of likely N-dealkylation sites (tertiary alicyclic amines) is 1. The van der Waals surface area contributed by atoms with Crippen LogP contribution in [0.4, 0.5) is 0 Å². The Morgan fingerprint density at radius 2 is 1.88 bits per heavy atom. The van der Waals surface area contributed by atoms with Gasteiger partial charge in [0, 0.05) is 37.2 Å². The second-order valence-corrected chi connectivity index (χ2v) is 7.23.